The SMILES string of the molecule is COC(=O)C1=C(C)NC(C)=C(C(=O)OCCc2ccc(OCCOCc3ccccc3)cc2)C1c1cccc([N+](=O)[O-])c1. The third kappa shape index (κ3) is 8.08. The summed E-state index contributed by atoms with van der Waals surface area (Å²) in [7, 11) is 1.24. The molecule has 0 saturated heterocycles. The van der Waals surface area contributed by atoms with E-state index in [2.05, 4.69) is 5.32 Å². The number of nitro benzene ring substituents is 1. The van der Waals surface area contributed by atoms with Crippen molar-refractivity contribution in [3.05, 3.63) is 128 Å². The van der Waals surface area contributed by atoms with E-state index in [1.165, 1.54) is 25.3 Å². The first-order valence-electron chi connectivity index (χ1n) is 13.8. The Morgan fingerprint density at radius 2 is 1.53 bits per heavy atom. The highest BCUT2D eigenvalue weighted by Crippen LogP contribution is 2.40. The fraction of sp³-hybridized carbons (Fsp3) is 0.273. The number of allylic oxidation sites excluding steroid dienone is 2. The summed E-state index contributed by atoms with van der Waals surface area (Å²) in [6, 6.07) is 23.3. The summed E-state index contributed by atoms with van der Waals surface area (Å²) in [5, 5.41) is 14.5. The van der Waals surface area contributed by atoms with E-state index < -0.39 is 22.8 Å². The summed E-state index contributed by atoms with van der Waals surface area (Å²) in [5.74, 6) is -1.49. The van der Waals surface area contributed by atoms with Crippen LogP contribution in [0.3, 0.4) is 0 Å². The zero-order chi connectivity index (χ0) is 30.8. The maximum atomic E-state index is 13.4. The minimum atomic E-state index is -0.908. The topological polar surface area (TPSA) is 126 Å². The van der Waals surface area contributed by atoms with Gasteiger partial charge in [-0.05, 0) is 42.7 Å². The zero-order valence-corrected chi connectivity index (χ0v) is 24.3. The Morgan fingerprint density at radius 3 is 2.21 bits per heavy atom. The summed E-state index contributed by atoms with van der Waals surface area (Å²) < 4.78 is 22.0. The average Bonchev–Trinajstić information content (AvgIpc) is 3.01. The van der Waals surface area contributed by atoms with Gasteiger partial charge in [0.1, 0.15) is 12.4 Å². The lowest BCUT2D eigenvalue weighted by Gasteiger charge is -2.30. The molecule has 0 spiro atoms. The number of hydrogen-bond acceptors (Lipinski definition) is 9. The van der Waals surface area contributed by atoms with Gasteiger partial charge in [-0.15, -0.1) is 0 Å². The van der Waals surface area contributed by atoms with Crippen LogP contribution in [0.2, 0.25) is 0 Å². The summed E-state index contributed by atoms with van der Waals surface area (Å²) in [6.07, 6.45) is 0.451. The monoisotopic (exact) mass is 586 g/mol. The minimum Gasteiger partial charge on any atom is -0.491 e. The Labute approximate surface area is 250 Å². The second-order valence-corrected chi connectivity index (χ2v) is 9.90. The molecule has 10 heteroatoms. The number of benzene rings is 3. The van der Waals surface area contributed by atoms with Gasteiger partial charge >= 0.3 is 11.9 Å². The first kappa shape index (κ1) is 31.0. The van der Waals surface area contributed by atoms with Crippen LogP contribution in [-0.2, 0) is 36.8 Å². The summed E-state index contributed by atoms with van der Waals surface area (Å²) in [4.78, 5) is 37.1. The largest absolute Gasteiger partial charge is 0.491 e. The number of carbonyl (C=O) groups is 2. The van der Waals surface area contributed by atoms with Gasteiger partial charge in [0.2, 0.25) is 0 Å². The van der Waals surface area contributed by atoms with Gasteiger partial charge in [0.15, 0.2) is 0 Å². The Morgan fingerprint density at radius 1 is 0.837 bits per heavy atom. The molecule has 0 fully saturated rings. The molecule has 1 unspecified atom stereocenters. The molecule has 1 aliphatic rings. The van der Waals surface area contributed by atoms with Gasteiger partial charge in [0.05, 0.1) is 48.9 Å². The van der Waals surface area contributed by atoms with E-state index in [-0.39, 0.29) is 23.4 Å². The van der Waals surface area contributed by atoms with E-state index in [1.807, 2.05) is 54.6 Å². The minimum absolute atomic E-state index is 0.0844. The van der Waals surface area contributed by atoms with Crippen molar-refractivity contribution in [3.8, 4) is 5.75 Å². The molecule has 3 aromatic rings. The second kappa shape index (κ2) is 14.8. The third-order valence-corrected chi connectivity index (χ3v) is 6.96. The molecule has 1 N–H and O–H groups in total. The molecular formula is C33H34N2O8. The molecule has 0 aliphatic carbocycles. The van der Waals surface area contributed by atoms with Gasteiger partial charge in [-0.1, -0.05) is 54.6 Å². The van der Waals surface area contributed by atoms with Crippen LogP contribution in [0.1, 0.15) is 36.5 Å². The van der Waals surface area contributed by atoms with E-state index in [1.54, 1.807) is 19.9 Å². The number of rotatable bonds is 13. The number of dihydropyridines is 1. The van der Waals surface area contributed by atoms with E-state index in [0.29, 0.717) is 48.9 Å². The van der Waals surface area contributed by atoms with Crippen molar-refractivity contribution in [1.82, 2.24) is 5.32 Å². The lowest BCUT2D eigenvalue weighted by molar-refractivity contribution is -0.384. The Kier molecular flexibility index (Phi) is 10.7. The number of nitrogens with zero attached hydrogens (tertiary/aromatic N) is 1. The van der Waals surface area contributed by atoms with Gasteiger partial charge in [0, 0.05) is 29.9 Å². The smallest absolute Gasteiger partial charge is 0.336 e. The normalized spacial score (nSPS) is 14.6. The molecule has 0 radical (unpaired) electrons. The summed E-state index contributed by atoms with van der Waals surface area (Å²) in [6.45, 7) is 4.87. The first-order chi connectivity index (χ1) is 20.8. The lowest BCUT2D eigenvalue weighted by atomic mass is 9.80. The van der Waals surface area contributed by atoms with Crippen molar-refractivity contribution in [2.75, 3.05) is 26.9 Å². The van der Waals surface area contributed by atoms with Crippen LogP contribution in [0.15, 0.2) is 101 Å². The maximum Gasteiger partial charge on any atom is 0.336 e. The van der Waals surface area contributed by atoms with Crippen LogP contribution >= 0.6 is 0 Å². The van der Waals surface area contributed by atoms with Crippen molar-refractivity contribution in [1.29, 1.82) is 0 Å². The van der Waals surface area contributed by atoms with E-state index in [4.69, 9.17) is 18.9 Å². The molecule has 43 heavy (non-hydrogen) atoms. The average molecular weight is 587 g/mol. The highest BCUT2D eigenvalue weighted by atomic mass is 16.6. The number of non-ortho nitro benzene ring substituents is 1. The Bertz CT molecular complexity index is 1510. The molecule has 4 rings (SSSR count). The van der Waals surface area contributed by atoms with Crippen molar-refractivity contribution in [2.24, 2.45) is 0 Å². The molecule has 1 atom stereocenters. The van der Waals surface area contributed by atoms with Gasteiger partial charge in [-0.2, -0.15) is 0 Å². The van der Waals surface area contributed by atoms with Crippen LogP contribution in [-0.4, -0.2) is 43.8 Å². The van der Waals surface area contributed by atoms with E-state index >= 15 is 0 Å². The molecule has 0 saturated carbocycles. The molecule has 0 bridgehead atoms. The number of nitro groups is 1. The number of carbonyl (C=O) groups excluding carboxylic acids is 2. The quantitative estimate of drug-likeness (QED) is 0.121. The van der Waals surface area contributed by atoms with Crippen molar-refractivity contribution >= 4 is 17.6 Å². The molecule has 3 aromatic carbocycles. The molecule has 0 aromatic heterocycles. The van der Waals surface area contributed by atoms with Crippen LogP contribution < -0.4 is 10.1 Å². The number of methoxy groups -OCH3 is 1. The second-order valence-electron chi connectivity index (χ2n) is 9.90. The highest BCUT2D eigenvalue weighted by molar-refractivity contribution is 5.99. The Hall–Kier alpha value is -4.96. The fourth-order valence-electron chi connectivity index (χ4n) is 4.87. The molecule has 10 nitrogen and oxygen atoms in total. The van der Waals surface area contributed by atoms with Gasteiger partial charge < -0.3 is 24.3 Å². The van der Waals surface area contributed by atoms with Crippen LogP contribution in [0.5, 0.6) is 5.75 Å². The van der Waals surface area contributed by atoms with E-state index in [9.17, 15) is 19.7 Å². The summed E-state index contributed by atoms with van der Waals surface area (Å²) in [5.41, 5.74) is 3.64. The van der Waals surface area contributed by atoms with Crippen molar-refractivity contribution < 1.29 is 33.5 Å². The number of hydrogen-bond donors (Lipinski definition) is 1. The molecule has 224 valence electrons. The van der Waals surface area contributed by atoms with Gasteiger partial charge in [-0.3, -0.25) is 10.1 Å². The van der Waals surface area contributed by atoms with E-state index in [0.717, 1.165) is 11.1 Å². The predicted octanol–water partition coefficient (Wildman–Crippen LogP) is 5.38. The third-order valence-electron chi connectivity index (χ3n) is 6.96. The van der Waals surface area contributed by atoms with Gasteiger partial charge in [-0.25, -0.2) is 9.59 Å². The zero-order valence-electron chi connectivity index (χ0n) is 24.3. The van der Waals surface area contributed by atoms with Crippen molar-refractivity contribution in [2.45, 2.75) is 32.8 Å². The molecule has 0 amide bonds. The van der Waals surface area contributed by atoms with Gasteiger partial charge in [0.25, 0.3) is 5.69 Å². The standard InChI is InChI=1S/C33H34N2O8/c1-22-29(32(36)40-3)31(26-10-7-11-27(20-26)35(38)39)30(23(2)34-22)33(37)43-17-16-24-12-14-28(15-13-24)42-19-18-41-21-25-8-5-4-6-9-25/h4-15,20,31,34H,16-19,21H2,1-3H3. The molecule has 1 aliphatic heterocycles. The summed E-state index contributed by atoms with van der Waals surface area (Å²) >= 11 is 0. The first-order valence-corrected chi connectivity index (χ1v) is 13.8. The fourth-order valence-corrected chi connectivity index (χ4v) is 4.87. The van der Waals surface area contributed by atoms with Crippen LogP contribution in [0.25, 0.3) is 0 Å². The molecule has 1 heterocycles. The van der Waals surface area contributed by atoms with Crippen molar-refractivity contribution in [3.63, 3.8) is 0 Å². The van der Waals surface area contributed by atoms with Crippen LogP contribution in [0.4, 0.5) is 5.69 Å². The predicted molar refractivity (Wildman–Crippen MR) is 159 cm³/mol. The maximum absolute atomic E-state index is 13.4. The molecular weight excluding hydrogens is 552 g/mol. The highest BCUT2D eigenvalue weighted by Gasteiger charge is 2.38. The number of nitrogens with one attached hydrogen (secondary N) is 1. The lowest BCUT2D eigenvalue weighted by Crippen LogP contribution is -2.32. The number of esters is 2. The Balaban J connectivity index is 1.36. The van der Waals surface area contributed by atoms with Crippen LogP contribution in [0, 0.1) is 10.1 Å². The number of ether oxygens (including phenoxy) is 4.